The van der Waals surface area contributed by atoms with Gasteiger partial charge >= 0.3 is 0 Å². The van der Waals surface area contributed by atoms with Crippen LogP contribution < -0.4 is 4.74 Å². The van der Waals surface area contributed by atoms with E-state index in [4.69, 9.17) is 4.74 Å². The third-order valence-electron chi connectivity index (χ3n) is 1.74. The molecule has 0 atom stereocenters. The Bertz CT molecular complexity index is 336. The SMILES string of the molecule is O=Cc1cc(OC2CC2)cc(Br)n1. The fourth-order valence-corrected chi connectivity index (χ4v) is 1.43. The Hall–Kier alpha value is -0.900. The molecular weight excluding hydrogens is 234 g/mol. The first-order chi connectivity index (χ1) is 6.28. The lowest BCUT2D eigenvalue weighted by atomic mass is 10.3. The van der Waals surface area contributed by atoms with Crippen molar-refractivity contribution in [1.82, 2.24) is 4.98 Å². The highest BCUT2D eigenvalue weighted by atomic mass is 79.9. The van der Waals surface area contributed by atoms with Crippen molar-refractivity contribution in [3.05, 3.63) is 22.4 Å². The molecule has 1 aliphatic rings. The summed E-state index contributed by atoms with van der Waals surface area (Å²) < 4.78 is 6.15. The summed E-state index contributed by atoms with van der Waals surface area (Å²) in [6.07, 6.45) is 3.27. The van der Waals surface area contributed by atoms with E-state index in [1.807, 2.05) is 0 Å². The first-order valence-electron chi connectivity index (χ1n) is 4.07. The molecule has 0 spiro atoms. The molecule has 1 aromatic rings. The lowest BCUT2D eigenvalue weighted by Crippen LogP contribution is -1.98. The zero-order chi connectivity index (χ0) is 9.26. The summed E-state index contributed by atoms with van der Waals surface area (Å²) in [7, 11) is 0. The number of ether oxygens (including phenoxy) is 1. The van der Waals surface area contributed by atoms with Gasteiger partial charge in [0.1, 0.15) is 16.0 Å². The highest BCUT2D eigenvalue weighted by molar-refractivity contribution is 9.10. The third-order valence-corrected chi connectivity index (χ3v) is 2.14. The van der Waals surface area contributed by atoms with E-state index in [-0.39, 0.29) is 0 Å². The predicted octanol–water partition coefficient (Wildman–Crippen LogP) is 2.20. The molecule has 0 radical (unpaired) electrons. The molecule has 0 saturated heterocycles. The van der Waals surface area contributed by atoms with Crippen LogP contribution in [0.5, 0.6) is 5.75 Å². The summed E-state index contributed by atoms with van der Waals surface area (Å²) in [5.41, 5.74) is 0.394. The number of carbonyl (C=O) groups is 1. The van der Waals surface area contributed by atoms with E-state index in [1.54, 1.807) is 12.1 Å². The monoisotopic (exact) mass is 241 g/mol. The summed E-state index contributed by atoms with van der Waals surface area (Å²) in [5.74, 6) is 0.714. The maximum absolute atomic E-state index is 10.5. The van der Waals surface area contributed by atoms with Crippen LogP contribution in [-0.4, -0.2) is 17.4 Å². The van der Waals surface area contributed by atoms with E-state index in [0.29, 0.717) is 28.4 Å². The van der Waals surface area contributed by atoms with Crippen LogP contribution in [0.25, 0.3) is 0 Å². The Morgan fingerprint density at radius 2 is 2.31 bits per heavy atom. The fraction of sp³-hybridized carbons (Fsp3) is 0.333. The zero-order valence-electron chi connectivity index (χ0n) is 6.87. The molecule has 1 heterocycles. The minimum Gasteiger partial charge on any atom is -0.490 e. The van der Waals surface area contributed by atoms with E-state index >= 15 is 0 Å². The lowest BCUT2D eigenvalue weighted by molar-refractivity contribution is 0.111. The van der Waals surface area contributed by atoms with E-state index < -0.39 is 0 Å². The van der Waals surface area contributed by atoms with Crippen LogP contribution in [0.1, 0.15) is 23.3 Å². The Morgan fingerprint density at radius 1 is 1.54 bits per heavy atom. The van der Waals surface area contributed by atoms with Gasteiger partial charge in [0.05, 0.1) is 6.10 Å². The van der Waals surface area contributed by atoms with Crippen molar-refractivity contribution in [2.24, 2.45) is 0 Å². The second-order valence-corrected chi connectivity index (χ2v) is 3.80. The molecule has 4 heteroatoms. The minimum absolute atomic E-state index is 0.341. The van der Waals surface area contributed by atoms with Gasteiger partial charge in [-0.25, -0.2) is 4.98 Å². The first-order valence-corrected chi connectivity index (χ1v) is 4.86. The van der Waals surface area contributed by atoms with Crippen molar-refractivity contribution in [1.29, 1.82) is 0 Å². The average molecular weight is 242 g/mol. The summed E-state index contributed by atoms with van der Waals surface area (Å²) in [6.45, 7) is 0. The second kappa shape index (κ2) is 3.46. The van der Waals surface area contributed by atoms with Crippen LogP contribution >= 0.6 is 15.9 Å². The quantitative estimate of drug-likeness (QED) is 0.602. The van der Waals surface area contributed by atoms with Gasteiger partial charge in [0.15, 0.2) is 6.29 Å². The van der Waals surface area contributed by atoms with Crippen LogP contribution in [0, 0.1) is 0 Å². The van der Waals surface area contributed by atoms with Gasteiger partial charge in [-0.05, 0) is 28.8 Å². The highest BCUT2D eigenvalue weighted by Crippen LogP contribution is 2.28. The van der Waals surface area contributed by atoms with Crippen LogP contribution in [0.15, 0.2) is 16.7 Å². The van der Waals surface area contributed by atoms with Crippen LogP contribution in [0.2, 0.25) is 0 Å². The van der Waals surface area contributed by atoms with Crippen LogP contribution in [0.3, 0.4) is 0 Å². The predicted molar refractivity (Wildman–Crippen MR) is 51.0 cm³/mol. The Labute approximate surface area is 84.2 Å². The maximum Gasteiger partial charge on any atom is 0.168 e. The molecule has 13 heavy (non-hydrogen) atoms. The molecule has 0 aromatic carbocycles. The number of nitrogens with zero attached hydrogens (tertiary/aromatic N) is 1. The number of hydrogen-bond acceptors (Lipinski definition) is 3. The van der Waals surface area contributed by atoms with Gasteiger partial charge in [-0.2, -0.15) is 0 Å². The Balaban J connectivity index is 2.22. The molecule has 0 N–H and O–H groups in total. The van der Waals surface area contributed by atoms with Crippen molar-refractivity contribution in [2.45, 2.75) is 18.9 Å². The number of aldehydes is 1. The fourth-order valence-electron chi connectivity index (χ4n) is 0.999. The van der Waals surface area contributed by atoms with E-state index in [9.17, 15) is 4.79 Å². The van der Waals surface area contributed by atoms with E-state index in [2.05, 4.69) is 20.9 Å². The molecule has 68 valence electrons. The number of hydrogen-bond donors (Lipinski definition) is 0. The molecule has 1 saturated carbocycles. The molecule has 0 bridgehead atoms. The number of aromatic nitrogens is 1. The summed E-state index contributed by atoms with van der Waals surface area (Å²) in [4.78, 5) is 14.4. The summed E-state index contributed by atoms with van der Waals surface area (Å²) in [5, 5.41) is 0. The molecular formula is C9H8BrNO2. The van der Waals surface area contributed by atoms with Gasteiger partial charge in [-0.1, -0.05) is 0 Å². The molecule has 0 amide bonds. The van der Waals surface area contributed by atoms with Gasteiger partial charge in [0.2, 0.25) is 0 Å². The van der Waals surface area contributed by atoms with Crippen molar-refractivity contribution in [3.63, 3.8) is 0 Å². The van der Waals surface area contributed by atoms with Gasteiger partial charge < -0.3 is 4.74 Å². The largest absolute Gasteiger partial charge is 0.490 e. The van der Waals surface area contributed by atoms with Gasteiger partial charge in [0.25, 0.3) is 0 Å². The standard InChI is InChI=1S/C9H8BrNO2/c10-9-4-8(13-7-1-2-7)3-6(5-12)11-9/h3-5,7H,1-2H2. The maximum atomic E-state index is 10.5. The molecule has 3 nitrogen and oxygen atoms in total. The van der Waals surface area contributed by atoms with Gasteiger partial charge in [-0.15, -0.1) is 0 Å². The molecule has 1 aliphatic carbocycles. The summed E-state index contributed by atoms with van der Waals surface area (Å²) >= 11 is 3.21. The van der Waals surface area contributed by atoms with Crippen LogP contribution in [0.4, 0.5) is 0 Å². The Morgan fingerprint density at radius 3 is 2.92 bits per heavy atom. The number of carbonyl (C=O) groups excluding carboxylic acids is 1. The Kier molecular flexibility index (Phi) is 2.31. The number of rotatable bonds is 3. The molecule has 1 fully saturated rings. The molecule has 2 rings (SSSR count). The van der Waals surface area contributed by atoms with Crippen molar-refractivity contribution >= 4 is 22.2 Å². The second-order valence-electron chi connectivity index (χ2n) is 2.99. The zero-order valence-corrected chi connectivity index (χ0v) is 8.45. The first kappa shape index (κ1) is 8.69. The van der Waals surface area contributed by atoms with Crippen molar-refractivity contribution in [3.8, 4) is 5.75 Å². The number of halogens is 1. The van der Waals surface area contributed by atoms with E-state index in [1.165, 1.54) is 0 Å². The lowest BCUT2D eigenvalue weighted by Gasteiger charge is -2.04. The van der Waals surface area contributed by atoms with Crippen molar-refractivity contribution < 1.29 is 9.53 Å². The minimum atomic E-state index is 0.341. The highest BCUT2D eigenvalue weighted by Gasteiger charge is 2.23. The topological polar surface area (TPSA) is 39.2 Å². The summed E-state index contributed by atoms with van der Waals surface area (Å²) in [6, 6.07) is 3.42. The molecule has 0 aliphatic heterocycles. The van der Waals surface area contributed by atoms with Crippen molar-refractivity contribution in [2.75, 3.05) is 0 Å². The van der Waals surface area contributed by atoms with Crippen LogP contribution in [-0.2, 0) is 0 Å². The van der Waals surface area contributed by atoms with E-state index in [0.717, 1.165) is 12.8 Å². The van der Waals surface area contributed by atoms with Gasteiger partial charge in [-0.3, -0.25) is 4.79 Å². The molecule has 0 unspecified atom stereocenters. The number of pyridine rings is 1. The normalized spacial score (nSPS) is 15.5. The molecule has 1 aromatic heterocycles. The average Bonchev–Trinajstić information content (AvgIpc) is 2.87. The smallest absolute Gasteiger partial charge is 0.168 e. The third kappa shape index (κ3) is 2.28. The van der Waals surface area contributed by atoms with Gasteiger partial charge in [0, 0.05) is 12.1 Å².